The maximum atomic E-state index is 11.9. The number of amides is 2. The summed E-state index contributed by atoms with van der Waals surface area (Å²) in [5, 5.41) is 9.15. The molecule has 2 fully saturated rings. The van der Waals surface area contributed by atoms with Crippen LogP contribution in [0.15, 0.2) is 5.38 Å². The molecule has 0 aromatic carbocycles. The van der Waals surface area contributed by atoms with Gasteiger partial charge >= 0.3 is 6.03 Å². The first-order valence-electron chi connectivity index (χ1n) is 6.69. The molecule has 2 aliphatic carbocycles. The van der Waals surface area contributed by atoms with Crippen molar-refractivity contribution in [2.45, 2.75) is 38.6 Å². The lowest BCUT2D eigenvalue weighted by atomic mass is 10.2. The van der Waals surface area contributed by atoms with E-state index in [1.165, 1.54) is 25.7 Å². The molecule has 2 amide bonds. The highest BCUT2D eigenvalue weighted by Crippen LogP contribution is 2.41. The van der Waals surface area contributed by atoms with Gasteiger partial charge < -0.3 is 10.6 Å². The van der Waals surface area contributed by atoms with Crippen molar-refractivity contribution in [3.05, 3.63) is 16.1 Å². The Morgan fingerprint density at radius 1 is 1.50 bits per heavy atom. The van der Waals surface area contributed by atoms with E-state index in [0.29, 0.717) is 5.92 Å². The highest BCUT2D eigenvalue weighted by Gasteiger charge is 2.35. The monoisotopic (exact) mass is 265 g/mol. The third-order valence-electron chi connectivity index (χ3n) is 3.53. The highest BCUT2D eigenvalue weighted by molar-refractivity contribution is 7.09. The Hall–Kier alpha value is -1.10. The van der Waals surface area contributed by atoms with E-state index >= 15 is 0 Å². The van der Waals surface area contributed by atoms with Gasteiger partial charge in [0.25, 0.3) is 0 Å². The zero-order valence-electron chi connectivity index (χ0n) is 10.6. The predicted molar refractivity (Wildman–Crippen MR) is 71.6 cm³/mol. The first kappa shape index (κ1) is 12.0. The summed E-state index contributed by atoms with van der Waals surface area (Å²) < 4.78 is 0. The minimum Gasteiger partial charge on any atom is -0.338 e. The molecule has 0 saturated heterocycles. The number of carbonyl (C=O) groups excluding carboxylic acids is 1. The van der Waals surface area contributed by atoms with Gasteiger partial charge in [-0.25, -0.2) is 9.78 Å². The summed E-state index contributed by atoms with van der Waals surface area (Å²) in [5.41, 5.74) is 1.04. The van der Waals surface area contributed by atoms with Gasteiger partial charge in [-0.2, -0.15) is 0 Å². The van der Waals surface area contributed by atoms with Crippen LogP contribution in [0.3, 0.4) is 0 Å². The van der Waals surface area contributed by atoms with E-state index in [4.69, 9.17) is 0 Å². The van der Waals surface area contributed by atoms with E-state index in [2.05, 4.69) is 21.0 Å². The number of urea groups is 1. The number of aromatic nitrogens is 1. The van der Waals surface area contributed by atoms with Gasteiger partial charge in [-0.05, 0) is 44.4 Å². The topological polar surface area (TPSA) is 54.0 Å². The average Bonchev–Trinajstić information content (AvgIpc) is 3.23. The molecule has 0 spiro atoms. The second-order valence-electron chi connectivity index (χ2n) is 5.44. The normalized spacial score (nSPS) is 20.5. The zero-order valence-corrected chi connectivity index (χ0v) is 11.4. The van der Waals surface area contributed by atoms with E-state index in [1.54, 1.807) is 11.3 Å². The van der Waals surface area contributed by atoms with E-state index < -0.39 is 0 Å². The minimum atomic E-state index is -0.0355. The number of hydrogen-bond donors (Lipinski definition) is 2. The lowest BCUT2D eigenvalue weighted by molar-refractivity contribution is 0.235. The van der Waals surface area contributed by atoms with Gasteiger partial charge in [0.2, 0.25) is 0 Å². The molecular formula is C13H19N3OS. The van der Waals surface area contributed by atoms with Crippen LogP contribution in [0.25, 0.3) is 0 Å². The summed E-state index contributed by atoms with van der Waals surface area (Å²) >= 11 is 1.65. The Bertz CT molecular complexity index is 437. The number of carbonyl (C=O) groups is 1. The summed E-state index contributed by atoms with van der Waals surface area (Å²) in [6.45, 7) is 2.82. The molecule has 0 radical (unpaired) electrons. The van der Waals surface area contributed by atoms with Crippen LogP contribution >= 0.6 is 11.3 Å². The summed E-state index contributed by atoms with van der Waals surface area (Å²) in [6.07, 6.45) is 4.93. The Morgan fingerprint density at radius 3 is 2.83 bits per heavy atom. The molecule has 1 aromatic heterocycles. The maximum Gasteiger partial charge on any atom is 0.315 e. The van der Waals surface area contributed by atoms with E-state index in [1.807, 2.05) is 6.92 Å². The van der Waals surface area contributed by atoms with Crippen LogP contribution in [0, 0.1) is 18.8 Å². The van der Waals surface area contributed by atoms with E-state index in [0.717, 1.165) is 23.2 Å². The lowest BCUT2D eigenvalue weighted by Crippen LogP contribution is -2.39. The fourth-order valence-electron chi connectivity index (χ4n) is 2.08. The number of nitrogens with one attached hydrogen (secondary N) is 2. The van der Waals surface area contributed by atoms with Crippen molar-refractivity contribution in [2.24, 2.45) is 11.8 Å². The number of nitrogens with zero attached hydrogens (tertiary/aromatic N) is 1. The van der Waals surface area contributed by atoms with Crippen LogP contribution in [0.1, 0.15) is 42.4 Å². The van der Waals surface area contributed by atoms with E-state index in [-0.39, 0.29) is 12.1 Å². The minimum absolute atomic E-state index is 0.0355. The van der Waals surface area contributed by atoms with Gasteiger partial charge in [0, 0.05) is 17.6 Å². The Labute approximate surface area is 111 Å². The van der Waals surface area contributed by atoms with Crippen LogP contribution in [0.5, 0.6) is 0 Å². The van der Waals surface area contributed by atoms with Crippen molar-refractivity contribution >= 4 is 17.4 Å². The van der Waals surface area contributed by atoms with Crippen molar-refractivity contribution in [3.63, 3.8) is 0 Å². The molecule has 18 heavy (non-hydrogen) atoms. The van der Waals surface area contributed by atoms with Gasteiger partial charge in [0.15, 0.2) is 0 Å². The van der Waals surface area contributed by atoms with Gasteiger partial charge in [-0.3, -0.25) is 0 Å². The lowest BCUT2D eigenvalue weighted by Gasteiger charge is -2.16. The average molecular weight is 265 g/mol. The molecule has 2 aliphatic rings. The SMILES string of the molecule is Cc1csc([C@@H](NC(=O)NCC2CC2)C2CC2)n1. The van der Waals surface area contributed by atoms with Crippen molar-refractivity contribution in [3.8, 4) is 0 Å². The molecule has 2 saturated carbocycles. The summed E-state index contributed by atoms with van der Waals surface area (Å²) in [6, 6.07) is 0.0783. The zero-order chi connectivity index (χ0) is 12.5. The summed E-state index contributed by atoms with van der Waals surface area (Å²) in [7, 11) is 0. The van der Waals surface area contributed by atoms with Crippen molar-refractivity contribution in [1.82, 2.24) is 15.6 Å². The molecule has 2 N–H and O–H groups in total. The largest absolute Gasteiger partial charge is 0.338 e. The van der Waals surface area contributed by atoms with E-state index in [9.17, 15) is 4.79 Å². The Balaban J connectivity index is 1.57. The Kier molecular flexibility index (Phi) is 3.24. The van der Waals surface area contributed by atoms with Crippen molar-refractivity contribution < 1.29 is 4.79 Å². The molecule has 0 aliphatic heterocycles. The van der Waals surface area contributed by atoms with Gasteiger partial charge in [-0.15, -0.1) is 11.3 Å². The van der Waals surface area contributed by atoms with Crippen molar-refractivity contribution in [2.75, 3.05) is 6.54 Å². The standard InChI is InChI=1S/C13H19N3OS/c1-8-7-18-12(15-8)11(10-4-5-10)16-13(17)14-6-9-2-3-9/h7,9-11H,2-6H2,1H3,(H2,14,16,17)/t11-/m0/s1. The fourth-order valence-corrected chi connectivity index (χ4v) is 3.02. The number of hydrogen-bond acceptors (Lipinski definition) is 3. The second kappa shape index (κ2) is 4.88. The molecule has 98 valence electrons. The number of thiazole rings is 1. The fraction of sp³-hybridized carbons (Fsp3) is 0.692. The molecule has 4 nitrogen and oxygen atoms in total. The molecule has 3 rings (SSSR count). The van der Waals surface area contributed by atoms with Crippen LogP contribution in [-0.4, -0.2) is 17.6 Å². The van der Waals surface area contributed by atoms with Crippen LogP contribution < -0.4 is 10.6 Å². The van der Waals surface area contributed by atoms with Gasteiger partial charge in [0.1, 0.15) is 5.01 Å². The van der Waals surface area contributed by atoms with Crippen molar-refractivity contribution in [1.29, 1.82) is 0 Å². The summed E-state index contributed by atoms with van der Waals surface area (Å²) in [4.78, 5) is 16.4. The van der Waals surface area contributed by atoms with Gasteiger partial charge in [0.05, 0.1) is 6.04 Å². The molecular weight excluding hydrogens is 246 g/mol. The maximum absolute atomic E-state index is 11.9. The molecule has 5 heteroatoms. The van der Waals surface area contributed by atoms with Crippen LogP contribution in [0.4, 0.5) is 4.79 Å². The Morgan fingerprint density at radius 2 is 2.28 bits per heavy atom. The number of aryl methyl sites for hydroxylation is 1. The molecule has 1 aromatic rings. The quantitative estimate of drug-likeness (QED) is 0.860. The molecule has 0 bridgehead atoms. The smallest absolute Gasteiger partial charge is 0.315 e. The summed E-state index contributed by atoms with van der Waals surface area (Å²) in [5.74, 6) is 1.31. The number of rotatable bonds is 5. The first-order chi connectivity index (χ1) is 8.72. The highest BCUT2D eigenvalue weighted by atomic mass is 32.1. The molecule has 1 atom stereocenters. The molecule has 0 unspecified atom stereocenters. The predicted octanol–water partition coefficient (Wildman–Crippen LogP) is 2.61. The van der Waals surface area contributed by atoms with Crippen LogP contribution in [0.2, 0.25) is 0 Å². The van der Waals surface area contributed by atoms with Crippen LogP contribution in [-0.2, 0) is 0 Å². The molecule has 1 heterocycles. The first-order valence-corrected chi connectivity index (χ1v) is 7.56. The second-order valence-corrected chi connectivity index (χ2v) is 6.33. The third-order valence-corrected chi connectivity index (χ3v) is 4.58. The van der Waals surface area contributed by atoms with Gasteiger partial charge in [-0.1, -0.05) is 0 Å². The third kappa shape index (κ3) is 3.02.